The van der Waals surface area contributed by atoms with Crippen molar-refractivity contribution in [2.24, 2.45) is 0 Å². The summed E-state index contributed by atoms with van der Waals surface area (Å²) in [7, 11) is 0. The summed E-state index contributed by atoms with van der Waals surface area (Å²) >= 11 is 1.75. The molecule has 0 aliphatic carbocycles. The Bertz CT molecular complexity index is 281. The van der Waals surface area contributed by atoms with E-state index in [4.69, 9.17) is 0 Å². The van der Waals surface area contributed by atoms with E-state index in [2.05, 4.69) is 56.7 Å². The van der Waals surface area contributed by atoms with E-state index in [-0.39, 0.29) is 0 Å². The first-order valence-corrected chi connectivity index (χ1v) is 5.99. The molecule has 1 nitrogen and oxygen atoms in total. The molecule has 1 aromatic carbocycles. The normalized spacial score (nSPS) is 11.0. The quantitative estimate of drug-likeness (QED) is 0.743. The molecule has 0 aliphatic heterocycles. The Morgan fingerprint density at radius 1 is 1.14 bits per heavy atom. The third-order valence-corrected chi connectivity index (χ3v) is 2.79. The van der Waals surface area contributed by atoms with E-state index in [9.17, 15) is 0 Å². The monoisotopic (exact) mass is 209 g/mol. The van der Waals surface area contributed by atoms with Crippen molar-refractivity contribution in [3.63, 3.8) is 0 Å². The van der Waals surface area contributed by atoms with Crippen molar-refractivity contribution in [2.45, 2.75) is 38.9 Å². The molecule has 0 spiro atoms. The third-order valence-electron chi connectivity index (χ3n) is 1.97. The minimum Gasteiger partial charge on any atom is -0.330 e. The second-order valence-electron chi connectivity index (χ2n) is 4.05. The minimum atomic E-state index is 0.598. The molecule has 1 aromatic rings. The average Bonchev–Trinajstić information content (AvgIpc) is 2.15. The molecule has 1 rings (SSSR count). The molecule has 0 bridgehead atoms. The summed E-state index contributed by atoms with van der Waals surface area (Å²) in [5, 5.41) is 0.609. The smallest absolute Gasteiger partial charge is 0.0442 e. The number of hydrogen-bond donors (Lipinski definition) is 1. The highest BCUT2D eigenvalue weighted by molar-refractivity contribution is 8.01. The van der Waals surface area contributed by atoms with Crippen molar-refractivity contribution in [3.05, 3.63) is 29.8 Å². The summed E-state index contributed by atoms with van der Waals surface area (Å²) in [5.74, 6) is 0.598. The predicted octanol–water partition coefficient (Wildman–Crippen LogP) is 4.28. The first-order chi connectivity index (χ1) is 6.59. The molecule has 14 heavy (non-hydrogen) atoms. The van der Waals surface area contributed by atoms with Gasteiger partial charge in [0.1, 0.15) is 0 Å². The Labute approximate surface area is 91.4 Å². The van der Waals surface area contributed by atoms with E-state index < -0.39 is 0 Å². The van der Waals surface area contributed by atoms with Crippen LogP contribution in [-0.2, 0) is 0 Å². The van der Waals surface area contributed by atoms with Crippen molar-refractivity contribution < 1.29 is 0 Å². The number of anilines is 1. The van der Waals surface area contributed by atoms with Crippen LogP contribution in [0.15, 0.2) is 24.3 Å². The van der Waals surface area contributed by atoms with Crippen LogP contribution in [-0.4, -0.2) is 5.25 Å². The Hall–Kier alpha value is -0.630. The van der Waals surface area contributed by atoms with Crippen LogP contribution in [0.25, 0.3) is 0 Å². The molecule has 0 aliphatic rings. The minimum absolute atomic E-state index is 0.598. The van der Waals surface area contributed by atoms with Crippen LogP contribution >= 0.6 is 11.9 Å². The van der Waals surface area contributed by atoms with E-state index in [0.717, 1.165) is 0 Å². The van der Waals surface area contributed by atoms with Gasteiger partial charge in [0.05, 0.1) is 0 Å². The Kier molecular flexibility index (Phi) is 4.33. The van der Waals surface area contributed by atoms with E-state index in [0.29, 0.717) is 11.2 Å². The van der Waals surface area contributed by atoms with Crippen molar-refractivity contribution in [3.8, 4) is 0 Å². The molecule has 0 saturated heterocycles. The predicted molar refractivity (Wildman–Crippen MR) is 66.9 cm³/mol. The highest BCUT2D eigenvalue weighted by Crippen LogP contribution is 2.21. The van der Waals surface area contributed by atoms with Gasteiger partial charge in [0.25, 0.3) is 0 Å². The molecule has 0 radical (unpaired) electrons. The first-order valence-electron chi connectivity index (χ1n) is 5.11. The largest absolute Gasteiger partial charge is 0.330 e. The average molecular weight is 209 g/mol. The van der Waals surface area contributed by atoms with Gasteiger partial charge >= 0.3 is 0 Å². The summed E-state index contributed by atoms with van der Waals surface area (Å²) in [6.07, 6.45) is 0. The molecule has 0 atom stereocenters. The molecule has 0 fully saturated rings. The number of rotatable bonds is 4. The zero-order chi connectivity index (χ0) is 10.6. The lowest BCUT2D eigenvalue weighted by Crippen LogP contribution is -1.96. The van der Waals surface area contributed by atoms with Gasteiger partial charge in [-0.05, 0) is 35.6 Å². The molecule has 0 amide bonds. The maximum Gasteiger partial charge on any atom is 0.0442 e. The van der Waals surface area contributed by atoms with Gasteiger partial charge in [-0.2, -0.15) is 0 Å². The fourth-order valence-electron chi connectivity index (χ4n) is 1.15. The van der Waals surface area contributed by atoms with Gasteiger partial charge in [0.15, 0.2) is 0 Å². The summed E-state index contributed by atoms with van der Waals surface area (Å²) in [6.45, 7) is 8.80. The zero-order valence-electron chi connectivity index (χ0n) is 9.37. The van der Waals surface area contributed by atoms with Gasteiger partial charge in [-0.25, -0.2) is 0 Å². The standard InChI is InChI=1S/C12H19NS/c1-9(2)11-6-5-7-12(8-11)13-14-10(3)4/h5-10,13H,1-4H3. The van der Waals surface area contributed by atoms with Gasteiger partial charge in [-0.3, -0.25) is 0 Å². The lowest BCUT2D eigenvalue weighted by Gasteiger charge is -2.10. The second kappa shape index (κ2) is 5.30. The van der Waals surface area contributed by atoms with Crippen molar-refractivity contribution in [2.75, 3.05) is 4.72 Å². The first kappa shape index (κ1) is 11.4. The van der Waals surface area contributed by atoms with Crippen LogP contribution in [0.2, 0.25) is 0 Å². The summed E-state index contributed by atoms with van der Waals surface area (Å²) < 4.78 is 3.36. The van der Waals surface area contributed by atoms with Crippen LogP contribution in [0.1, 0.15) is 39.2 Å². The molecular weight excluding hydrogens is 190 g/mol. The van der Waals surface area contributed by atoms with Crippen LogP contribution in [0, 0.1) is 0 Å². The SMILES string of the molecule is CC(C)SNc1cccc(C(C)C)c1. The number of benzene rings is 1. The van der Waals surface area contributed by atoms with E-state index in [1.54, 1.807) is 11.9 Å². The van der Waals surface area contributed by atoms with Gasteiger partial charge in [0, 0.05) is 10.9 Å². The van der Waals surface area contributed by atoms with E-state index in [1.807, 2.05) is 0 Å². The molecule has 0 saturated carbocycles. The van der Waals surface area contributed by atoms with E-state index >= 15 is 0 Å². The van der Waals surface area contributed by atoms with E-state index in [1.165, 1.54) is 11.3 Å². The highest BCUT2D eigenvalue weighted by atomic mass is 32.2. The summed E-state index contributed by atoms with van der Waals surface area (Å²) in [4.78, 5) is 0. The molecule has 0 unspecified atom stereocenters. The molecule has 0 aromatic heterocycles. The second-order valence-corrected chi connectivity index (χ2v) is 5.43. The Morgan fingerprint density at radius 3 is 2.43 bits per heavy atom. The van der Waals surface area contributed by atoms with Crippen LogP contribution in [0.4, 0.5) is 5.69 Å². The molecule has 0 heterocycles. The van der Waals surface area contributed by atoms with Crippen LogP contribution in [0.3, 0.4) is 0 Å². The zero-order valence-corrected chi connectivity index (χ0v) is 10.2. The number of hydrogen-bond acceptors (Lipinski definition) is 2. The molecule has 2 heteroatoms. The molecular formula is C12H19NS. The van der Waals surface area contributed by atoms with Gasteiger partial charge < -0.3 is 4.72 Å². The highest BCUT2D eigenvalue weighted by Gasteiger charge is 2.00. The van der Waals surface area contributed by atoms with Gasteiger partial charge in [0.2, 0.25) is 0 Å². The Balaban J connectivity index is 2.64. The fourth-order valence-corrected chi connectivity index (χ4v) is 1.65. The fraction of sp³-hybridized carbons (Fsp3) is 0.500. The van der Waals surface area contributed by atoms with Crippen molar-refractivity contribution >= 4 is 17.6 Å². The summed E-state index contributed by atoms with van der Waals surface area (Å²) in [5.41, 5.74) is 2.59. The molecule has 1 N–H and O–H groups in total. The topological polar surface area (TPSA) is 12.0 Å². The van der Waals surface area contributed by atoms with Crippen LogP contribution < -0.4 is 4.72 Å². The van der Waals surface area contributed by atoms with Gasteiger partial charge in [-0.15, -0.1) is 0 Å². The third kappa shape index (κ3) is 3.62. The van der Waals surface area contributed by atoms with Crippen molar-refractivity contribution in [1.29, 1.82) is 0 Å². The summed E-state index contributed by atoms with van der Waals surface area (Å²) in [6, 6.07) is 8.62. The lowest BCUT2D eigenvalue weighted by atomic mass is 10.0. The lowest BCUT2D eigenvalue weighted by molar-refractivity contribution is 0.867. The number of nitrogens with one attached hydrogen (secondary N) is 1. The maximum atomic E-state index is 3.36. The Morgan fingerprint density at radius 2 is 1.86 bits per heavy atom. The van der Waals surface area contributed by atoms with Crippen molar-refractivity contribution in [1.82, 2.24) is 0 Å². The maximum absolute atomic E-state index is 3.36. The molecule has 78 valence electrons. The van der Waals surface area contributed by atoms with Gasteiger partial charge in [-0.1, -0.05) is 39.8 Å². The van der Waals surface area contributed by atoms with Crippen LogP contribution in [0.5, 0.6) is 0 Å².